The van der Waals surface area contributed by atoms with Crippen molar-refractivity contribution in [1.82, 2.24) is 0 Å². The maximum atomic E-state index is 8.81. The van der Waals surface area contributed by atoms with Crippen LogP contribution in [0.15, 0.2) is 0 Å². The molecule has 0 radical (unpaired) electrons. The molecule has 0 atom stereocenters. The van der Waals surface area contributed by atoms with Crippen molar-refractivity contribution in [3.63, 3.8) is 0 Å². The molecule has 0 aliphatic rings. The molecule has 0 N–H and O–H groups in total. The summed E-state index contributed by atoms with van der Waals surface area (Å²) in [6, 6.07) is 0. The summed E-state index contributed by atoms with van der Waals surface area (Å²) in [6.45, 7) is 5.69. The van der Waals surface area contributed by atoms with Crippen LogP contribution in [0.3, 0.4) is 0 Å². The molecule has 10 heavy (non-hydrogen) atoms. The standard InChI is InChI=1S/C3H8.C2H4O.2CH3I/c1-3-2;1-2-3;2*1-2/h3H2,1-2H3;2H,1H3;2*1H3. The number of carbonyl (C=O) groups excluding carboxylic acids is 1. The summed E-state index contributed by atoms with van der Waals surface area (Å²) in [4.78, 5) is 12.7. The lowest BCUT2D eigenvalue weighted by Gasteiger charge is -1.48. The van der Waals surface area contributed by atoms with Gasteiger partial charge in [0.1, 0.15) is 6.29 Å². The summed E-state index contributed by atoms with van der Waals surface area (Å²) in [5, 5.41) is 0. The predicted octanol–water partition coefficient (Wildman–Crippen LogP) is 3.72. The largest absolute Gasteiger partial charge is 0.304 e. The van der Waals surface area contributed by atoms with E-state index in [2.05, 4.69) is 59.0 Å². The molecule has 0 aromatic carbocycles. The van der Waals surface area contributed by atoms with E-state index in [1.165, 1.54) is 13.3 Å². The quantitative estimate of drug-likeness (QED) is 0.360. The van der Waals surface area contributed by atoms with Gasteiger partial charge in [-0.1, -0.05) is 65.5 Å². The maximum absolute atomic E-state index is 8.81. The Bertz CT molecular complexity index is 25.6. The molecular weight excluding hydrogens is 354 g/mol. The number of hydrogen-bond donors (Lipinski definition) is 0. The lowest BCUT2D eigenvalue weighted by molar-refractivity contribution is -0.106. The first-order chi connectivity index (χ1) is 4.83. The molecule has 0 heterocycles. The highest BCUT2D eigenvalue weighted by Crippen LogP contribution is 1.56. The number of aldehydes is 1. The zero-order valence-electron chi connectivity index (χ0n) is 7.45. The van der Waals surface area contributed by atoms with Crippen LogP contribution in [0.5, 0.6) is 0 Å². The van der Waals surface area contributed by atoms with E-state index in [0.29, 0.717) is 0 Å². The second-order valence-corrected chi connectivity index (χ2v) is 0.943. The third-order valence-corrected chi connectivity index (χ3v) is 0. The molecule has 0 bridgehead atoms. The molecule has 0 aromatic rings. The fourth-order valence-corrected chi connectivity index (χ4v) is 0. The van der Waals surface area contributed by atoms with E-state index in [4.69, 9.17) is 4.79 Å². The molecule has 0 saturated carbocycles. The topological polar surface area (TPSA) is 17.1 Å². The molecule has 1 nitrogen and oxygen atoms in total. The second-order valence-electron chi connectivity index (χ2n) is 0.943. The van der Waals surface area contributed by atoms with Gasteiger partial charge in [-0.3, -0.25) is 0 Å². The monoisotopic (exact) mass is 372 g/mol. The normalized spacial score (nSPS) is 4.30. The summed E-state index contributed by atoms with van der Waals surface area (Å²) in [7, 11) is 0. The third kappa shape index (κ3) is 473. The van der Waals surface area contributed by atoms with Crippen LogP contribution in [0.4, 0.5) is 0 Å². The molecule has 0 aromatic heterocycles. The molecule has 0 unspecified atom stereocenters. The molecule has 0 aliphatic carbocycles. The Balaban J connectivity index is -0.0000000246. The van der Waals surface area contributed by atoms with Crippen molar-refractivity contribution in [2.75, 3.05) is 9.86 Å². The molecule has 0 fully saturated rings. The van der Waals surface area contributed by atoms with Gasteiger partial charge in [0.2, 0.25) is 0 Å². The molecule has 66 valence electrons. The van der Waals surface area contributed by atoms with E-state index < -0.39 is 0 Å². The average molecular weight is 372 g/mol. The molecular formula is C7H18I2O. The Kier molecular flexibility index (Phi) is 194. The van der Waals surface area contributed by atoms with Gasteiger partial charge in [-0.25, -0.2) is 0 Å². The van der Waals surface area contributed by atoms with Crippen molar-refractivity contribution in [3.05, 3.63) is 0 Å². The van der Waals surface area contributed by atoms with E-state index >= 15 is 0 Å². The zero-order chi connectivity index (χ0) is 9.41. The Hall–Kier alpha value is 1.13. The fraction of sp³-hybridized carbons (Fsp3) is 0.857. The van der Waals surface area contributed by atoms with E-state index in [-0.39, 0.29) is 0 Å². The Morgan fingerprint density at radius 1 is 1.10 bits per heavy atom. The van der Waals surface area contributed by atoms with Crippen LogP contribution >= 0.6 is 45.2 Å². The molecule has 3 heteroatoms. The van der Waals surface area contributed by atoms with Crippen molar-refractivity contribution >= 4 is 51.5 Å². The smallest absolute Gasteiger partial charge is 0.116 e. The summed E-state index contributed by atoms with van der Waals surface area (Å²) >= 11 is 4.30. The van der Waals surface area contributed by atoms with Crippen molar-refractivity contribution in [3.8, 4) is 0 Å². The van der Waals surface area contributed by atoms with E-state index in [1.54, 1.807) is 0 Å². The number of hydrogen-bond acceptors (Lipinski definition) is 1. The fourth-order valence-electron chi connectivity index (χ4n) is 0. The van der Waals surface area contributed by atoms with Crippen molar-refractivity contribution < 1.29 is 4.79 Å². The summed E-state index contributed by atoms with van der Waals surface area (Å²) < 4.78 is 0. The van der Waals surface area contributed by atoms with E-state index in [0.717, 1.165) is 6.29 Å². The number of carbonyl (C=O) groups is 1. The minimum Gasteiger partial charge on any atom is -0.304 e. The molecule has 0 spiro atoms. The molecule has 0 aliphatic heterocycles. The second kappa shape index (κ2) is 86.2. The van der Waals surface area contributed by atoms with Crippen molar-refractivity contribution in [2.24, 2.45) is 0 Å². The highest BCUT2D eigenvalue weighted by atomic mass is 127. The first kappa shape index (κ1) is 22.5. The minimum absolute atomic E-state index is 0.750. The number of alkyl halides is 2. The lowest BCUT2D eigenvalue weighted by atomic mass is 10.6. The van der Waals surface area contributed by atoms with Crippen LogP contribution in [0.25, 0.3) is 0 Å². The number of rotatable bonds is 0. The van der Waals surface area contributed by atoms with Crippen LogP contribution in [0, 0.1) is 0 Å². The van der Waals surface area contributed by atoms with Gasteiger partial charge in [-0.05, 0) is 16.8 Å². The van der Waals surface area contributed by atoms with Gasteiger partial charge in [0.25, 0.3) is 0 Å². The van der Waals surface area contributed by atoms with Crippen LogP contribution < -0.4 is 0 Å². The predicted molar refractivity (Wildman–Crippen MR) is 67.6 cm³/mol. The van der Waals surface area contributed by atoms with Crippen LogP contribution in [0.1, 0.15) is 27.2 Å². The van der Waals surface area contributed by atoms with Gasteiger partial charge in [0.05, 0.1) is 0 Å². The van der Waals surface area contributed by atoms with E-state index in [1.807, 2.05) is 9.86 Å². The maximum Gasteiger partial charge on any atom is 0.116 e. The average Bonchev–Trinajstić information content (AvgIpc) is 1.99. The molecule has 0 rings (SSSR count). The Morgan fingerprint density at radius 3 is 1.10 bits per heavy atom. The third-order valence-electron chi connectivity index (χ3n) is 0. The van der Waals surface area contributed by atoms with Gasteiger partial charge >= 0.3 is 0 Å². The summed E-state index contributed by atoms with van der Waals surface area (Å²) in [5.41, 5.74) is 0. The Labute approximate surface area is 92.6 Å². The first-order valence-electron chi connectivity index (χ1n) is 2.98. The van der Waals surface area contributed by atoms with Crippen LogP contribution in [-0.4, -0.2) is 16.1 Å². The van der Waals surface area contributed by atoms with Gasteiger partial charge in [0, 0.05) is 0 Å². The van der Waals surface area contributed by atoms with Gasteiger partial charge in [0.15, 0.2) is 0 Å². The Morgan fingerprint density at radius 2 is 1.10 bits per heavy atom. The lowest BCUT2D eigenvalue weighted by Crippen LogP contribution is -1.36. The molecule has 0 saturated heterocycles. The van der Waals surface area contributed by atoms with Crippen LogP contribution in [-0.2, 0) is 4.79 Å². The van der Waals surface area contributed by atoms with Gasteiger partial charge in [-0.2, -0.15) is 0 Å². The number of halogens is 2. The highest BCUT2D eigenvalue weighted by Gasteiger charge is 1.35. The van der Waals surface area contributed by atoms with Crippen LogP contribution in [0.2, 0.25) is 0 Å². The van der Waals surface area contributed by atoms with Crippen molar-refractivity contribution in [1.29, 1.82) is 0 Å². The SMILES string of the molecule is CC=O.CCC.CI.CI. The summed E-state index contributed by atoms with van der Waals surface area (Å²) in [6.07, 6.45) is 2.00. The van der Waals surface area contributed by atoms with E-state index in [9.17, 15) is 0 Å². The van der Waals surface area contributed by atoms with Gasteiger partial charge < -0.3 is 4.79 Å². The summed E-state index contributed by atoms with van der Waals surface area (Å²) in [5.74, 6) is 0. The first-order valence-corrected chi connectivity index (χ1v) is 7.30. The van der Waals surface area contributed by atoms with Gasteiger partial charge in [-0.15, -0.1) is 0 Å². The molecule has 0 amide bonds. The zero-order valence-corrected chi connectivity index (χ0v) is 11.8. The minimum atomic E-state index is 0.750. The highest BCUT2D eigenvalue weighted by molar-refractivity contribution is 14.1. The van der Waals surface area contributed by atoms with Crippen molar-refractivity contribution in [2.45, 2.75) is 27.2 Å².